The van der Waals surface area contributed by atoms with Gasteiger partial charge in [0.25, 0.3) is 0 Å². The van der Waals surface area contributed by atoms with Gasteiger partial charge >= 0.3 is 0 Å². The Morgan fingerprint density at radius 1 is 0.533 bits per heavy atom. The Balaban J connectivity index is 1.64. The van der Waals surface area contributed by atoms with Crippen LogP contribution in [0.3, 0.4) is 0 Å². The fourth-order valence-electron chi connectivity index (χ4n) is 4.38. The van der Waals surface area contributed by atoms with Gasteiger partial charge in [-0.3, -0.25) is 0 Å². The summed E-state index contributed by atoms with van der Waals surface area (Å²) in [7, 11) is 0. The van der Waals surface area contributed by atoms with Crippen molar-refractivity contribution in [2.24, 2.45) is 0 Å². The number of hydrogen-bond donors (Lipinski definition) is 0. The molecule has 0 aliphatic carbocycles. The summed E-state index contributed by atoms with van der Waals surface area (Å²) in [5, 5.41) is 0. The average Bonchev–Trinajstić information content (AvgIpc) is 2.85. The van der Waals surface area contributed by atoms with Gasteiger partial charge in [-0.05, 0) is 23.3 Å². The highest BCUT2D eigenvalue weighted by molar-refractivity contribution is 5.52. The highest BCUT2D eigenvalue weighted by Crippen LogP contribution is 2.48. The summed E-state index contributed by atoms with van der Waals surface area (Å²) in [6.07, 6.45) is 0.756. The molecule has 3 atom stereocenters. The maximum absolute atomic E-state index is 6.80. The Morgan fingerprint density at radius 2 is 1.00 bits per heavy atom. The summed E-state index contributed by atoms with van der Waals surface area (Å²) >= 11 is 0. The minimum atomic E-state index is -0.169. The molecule has 30 heavy (non-hydrogen) atoms. The number of ether oxygens (including phenoxy) is 1. The molecule has 4 aromatic carbocycles. The van der Waals surface area contributed by atoms with E-state index >= 15 is 0 Å². The van der Waals surface area contributed by atoms with Gasteiger partial charge in [-0.25, -0.2) is 0 Å². The van der Waals surface area contributed by atoms with Crippen LogP contribution in [0.1, 0.15) is 41.5 Å². The normalized spacial score (nSPS) is 21.3. The summed E-state index contributed by atoms with van der Waals surface area (Å²) in [6.45, 7) is 0. The Kier molecular flexibility index (Phi) is 5.32. The largest absolute Gasteiger partial charge is 0.346 e. The van der Waals surface area contributed by atoms with Gasteiger partial charge < -0.3 is 9.64 Å². The number of rotatable bonds is 4. The number of hydrogen-bond acceptors (Lipinski definition) is 2. The molecule has 1 aliphatic rings. The molecule has 0 unspecified atom stereocenters. The van der Waals surface area contributed by atoms with Crippen molar-refractivity contribution >= 4 is 5.69 Å². The smallest absolute Gasteiger partial charge is 0.157 e. The molecule has 0 radical (unpaired) electrons. The van der Waals surface area contributed by atoms with E-state index in [-0.39, 0.29) is 18.4 Å². The molecule has 1 heterocycles. The molecule has 2 heteroatoms. The quantitative estimate of drug-likeness (QED) is 0.368. The molecule has 0 bridgehead atoms. The minimum Gasteiger partial charge on any atom is -0.346 e. The van der Waals surface area contributed by atoms with Gasteiger partial charge in [0.15, 0.2) is 6.23 Å². The van der Waals surface area contributed by atoms with Crippen LogP contribution < -0.4 is 4.90 Å². The van der Waals surface area contributed by atoms with E-state index in [4.69, 9.17) is 4.74 Å². The molecule has 0 saturated carbocycles. The minimum absolute atomic E-state index is 0.0292. The Bertz CT molecular complexity index is 1000. The number of benzene rings is 4. The van der Waals surface area contributed by atoms with Gasteiger partial charge in [0.2, 0.25) is 0 Å². The predicted octanol–water partition coefficient (Wildman–Crippen LogP) is 7.09. The standard InChI is InChI=1S/C28H25NO/c1-5-13-22(14-6-1)26-21-27(23-15-7-2-8-16-23)30-28(24-17-9-3-10-18-24)29(26)25-19-11-4-12-20-25/h1-20,26-28H,21H2/t26-,27-,28-/m0/s1. The van der Waals surface area contributed by atoms with E-state index in [2.05, 4.69) is 126 Å². The first kappa shape index (κ1) is 18.7. The number of nitrogens with zero attached hydrogens (tertiary/aromatic N) is 1. The van der Waals surface area contributed by atoms with Crippen LogP contribution in [0.25, 0.3) is 0 Å². The highest BCUT2D eigenvalue weighted by atomic mass is 16.5. The molecule has 1 fully saturated rings. The Labute approximate surface area is 178 Å². The van der Waals surface area contributed by atoms with Gasteiger partial charge in [-0.15, -0.1) is 0 Å². The lowest BCUT2D eigenvalue weighted by molar-refractivity contribution is -0.0594. The van der Waals surface area contributed by atoms with E-state index in [1.54, 1.807) is 0 Å². The average molecular weight is 392 g/mol. The van der Waals surface area contributed by atoms with E-state index in [0.717, 1.165) is 6.42 Å². The third-order valence-corrected chi connectivity index (χ3v) is 5.81. The van der Waals surface area contributed by atoms with E-state index in [1.165, 1.54) is 22.4 Å². The lowest BCUT2D eigenvalue weighted by Gasteiger charge is -2.47. The van der Waals surface area contributed by atoms with Crippen LogP contribution in [0.15, 0.2) is 121 Å². The monoisotopic (exact) mass is 391 g/mol. The molecule has 4 aromatic rings. The second kappa shape index (κ2) is 8.56. The van der Waals surface area contributed by atoms with Gasteiger partial charge in [-0.2, -0.15) is 0 Å². The molecule has 1 aliphatic heterocycles. The van der Waals surface area contributed by atoms with Crippen LogP contribution in [0, 0.1) is 0 Å². The summed E-state index contributed by atoms with van der Waals surface area (Å²) in [5.74, 6) is 0. The van der Waals surface area contributed by atoms with E-state index in [9.17, 15) is 0 Å². The van der Waals surface area contributed by atoms with Crippen LogP contribution in [-0.4, -0.2) is 0 Å². The summed E-state index contributed by atoms with van der Waals surface area (Å²) in [6, 6.07) is 42.8. The Morgan fingerprint density at radius 3 is 1.57 bits per heavy atom. The van der Waals surface area contributed by atoms with Crippen molar-refractivity contribution in [2.45, 2.75) is 24.8 Å². The van der Waals surface area contributed by atoms with E-state index in [1.807, 2.05) is 0 Å². The van der Waals surface area contributed by atoms with Crippen molar-refractivity contribution in [1.82, 2.24) is 0 Å². The maximum Gasteiger partial charge on any atom is 0.157 e. The van der Waals surface area contributed by atoms with Crippen molar-refractivity contribution in [3.63, 3.8) is 0 Å². The number of anilines is 1. The van der Waals surface area contributed by atoms with Gasteiger partial charge in [0, 0.05) is 17.7 Å². The fraction of sp³-hybridized carbons (Fsp3) is 0.143. The molecule has 2 nitrogen and oxygen atoms in total. The van der Waals surface area contributed by atoms with Crippen molar-refractivity contribution in [1.29, 1.82) is 0 Å². The van der Waals surface area contributed by atoms with Crippen LogP contribution in [0.5, 0.6) is 0 Å². The van der Waals surface area contributed by atoms with Crippen molar-refractivity contribution in [2.75, 3.05) is 4.90 Å². The fourth-order valence-corrected chi connectivity index (χ4v) is 4.38. The SMILES string of the molecule is c1ccc([C@@H]2C[C@@H](c3ccccc3)N(c3ccccc3)[C@H](c3ccccc3)O2)cc1. The second-order valence-electron chi connectivity index (χ2n) is 7.70. The van der Waals surface area contributed by atoms with Crippen LogP contribution in [0.4, 0.5) is 5.69 Å². The lowest BCUT2D eigenvalue weighted by atomic mass is 9.91. The van der Waals surface area contributed by atoms with Gasteiger partial charge in [0.05, 0.1) is 12.1 Å². The molecule has 5 rings (SSSR count). The second-order valence-corrected chi connectivity index (χ2v) is 7.70. The first-order valence-electron chi connectivity index (χ1n) is 10.5. The summed E-state index contributed by atoms with van der Waals surface area (Å²) in [5.41, 5.74) is 4.88. The lowest BCUT2D eigenvalue weighted by Crippen LogP contribution is -2.40. The molecule has 0 amide bonds. The van der Waals surface area contributed by atoms with Crippen molar-refractivity contribution in [3.05, 3.63) is 138 Å². The summed E-state index contributed by atoms with van der Waals surface area (Å²) < 4.78 is 6.80. The predicted molar refractivity (Wildman–Crippen MR) is 122 cm³/mol. The van der Waals surface area contributed by atoms with Crippen molar-refractivity contribution < 1.29 is 4.74 Å². The van der Waals surface area contributed by atoms with Gasteiger partial charge in [-0.1, -0.05) is 109 Å². The zero-order valence-corrected chi connectivity index (χ0v) is 16.8. The maximum atomic E-state index is 6.80. The zero-order valence-electron chi connectivity index (χ0n) is 16.8. The molecule has 1 saturated heterocycles. The number of para-hydroxylation sites is 1. The van der Waals surface area contributed by atoms with E-state index < -0.39 is 0 Å². The first-order valence-corrected chi connectivity index (χ1v) is 10.5. The van der Waals surface area contributed by atoms with Crippen LogP contribution in [-0.2, 0) is 4.74 Å². The van der Waals surface area contributed by atoms with Gasteiger partial charge in [0.1, 0.15) is 0 Å². The molecular weight excluding hydrogens is 366 g/mol. The topological polar surface area (TPSA) is 12.5 Å². The third-order valence-electron chi connectivity index (χ3n) is 5.81. The molecule has 148 valence electrons. The molecule has 0 spiro atoms. The van der Waals surface area contributed by atoms with E-state index in [0.29, 0.717) is 0 Å². The van der Waals surface area contributed by atoms with Crippen LogP contribution in [0.2, 0.25) is 0 Å². The molecular formula is C28H25NO. The summed E-state index contributed by atoms with van der Waals surface area (Å²) in [4.78, 5) is 2.43. The van der Waals surface area contributed by atoms with Crippen LogP contribution >= 0.6 is 0 Å². The molecule has 0 aromatic heterocycles. The van der Waals surface area contributed by atoms with Crippen molar-refractivity contribution in [3.8, 4) is 0 Å². The first-order chi connectivity index (χ1) is 14.9. The zero-order chi connectivity index (χ0) is 20.2. The third kappa shape index (κ3) is 3.74. The Hall–Kier alpha value is -3.36. The highest BCUT2D eigenvalue weighted by Gasteiger charge is 2.38. The molecule has 0 N–H and O–H groups in total.